The van der Waals surface area contributed by atoms with E-state index in [-0.39, 0.29) is 5.91 Å². The summed E-state index contributed by atoms with van der Waals surface area (Å²) in [6.07, 6.45) is 1.22. The molecular weight excluding hydrogens is 200 g/mol. The Morgan fingerprint density at radius 1 is 1.25 bits per heavy atom. The van der Waals surface area contributed by atoms with Crippen molar-refractivity contribution in [1.82, 2.24) is 0 Å². The first kappa shape index (κ1) is 10.2. The van der Waals surface area contributed by atoms with E-state index in [2.05, 4.69) is 11.9 Å². The molecular formula is C13H12N2O. The molecule has 0 aliphatic carbocycles. The standard InChI is InChI=1S/C13H12N2O/c1-2-13(16)15-12-8-10-6-4-3-5-9(10)7-11(12)14/h2-8H,1,14H2,(H,15,16). The number of hydrogen-bond acceptors (Lipinski definition) is 2. The average molecular weight is 212 g/mol. The Morgan fingerprint density at radius 3 is 2.50 bits per heavy atom. The number of anilines is 2. The molecule has 2 rings (SSSR count). The van der Waals surface area contributed by atoms with Crippen LogP contribution in [0.5, 0.6) is 0 Å². The molecule has 0 saturated heterocycles. The lowest BCUT2D eigenvalue weighted by Gasteiger charge is -2.08. The van der Waals surface area contributed by atoms with Gasteiger partial charge in [-0.25, -0.2) is 0 Å². The molecule has 0 spiro atoms. The summed E-state index contributed by atoms with van der Waals surface area (Å²) >= 11 is 0. The van der Waals surface area contributed by atoms with E-state index in [1.54, 1.807) is 0 Å². The van der Waals surface area contributed by atoms with Crippen LogP contribution in [-0.2, 0) is 4.79 Å². The first-order valence-corrected chi connectivity index (χ1v) is 4.92. The minimum atomic E-state index is -0.262. The number of carbonyl (C=O) groups is 1. The molecule has 3 heteroatoms. The zero-order valence-corrected chi connectivity index (χ0v) is 8.73. The highest BCUT2D eigenvalue weighted by molar-refractivity contribution is 6.03. The Morgan fingerprint density at radius 2 is 1.88 bits per heavy atom. The molecule has 3 N–H and O–H groups in total. The molecule has 2 aromatic carbocycles. The van der Waals surface area contributed by atoms with Crippen LogP contribution in [0.2, 0.25) is 0 Å². The van der Waals surface area contributed by atoms with Gasteiger partial charge in [0.1, 0.15) is 0 Å². The van der Waals surface area contributed by atoms with Crippen molar-refractivity contribution in [2.75, 3.05) is 11.1 Å². The summed E-state index contributed by atoms with van der Waals surface area (Å²) in [5, 5.41) is 4.76. The summed E-state index contributed by atoms with van der Waals surface area (Å²) in [7, 11) is 0. The maximum atomic E-state index is 11.2. The average Bonchev–Trinajstić information content (AvgIpc) is 2.30. The molecule has 1 amide bonds. The number of amides is 1. The van der Waals surface area contributed by atoms with Crippen LogP contribution in [-0.4, -0.2) is 5.91 Å². The van der Waals surface area contributed by atoms with Gasteiger partial charge in [0.25, 0.3) is 0 Å². The van der Waals surface area contributed by atoms with Crippen LogP contribution in [0.1, 0.15) is 0 Å². The van der Waals surface area contributed by atoms with Crippen LogP contribution in [0.4, 0.5) is 11.4 Å². The van der Waals surface area contributed by atoms with E-state index in [1.807, 2.05) is 36.4 Å². The van der Waals surface area contributed by atoms with E-state index >= 15 is 0 Å². The Labute approximate surface area is 93.6 Å². The van der Waals surface area contributed by atoms with E-state index < -0.39 is 0 Å². The number of nitrogen functional groups attached to an aromatic ring is 1. The zero-order chi connectivity index (χ0) is 11.5. The Bertz CT molecular complexity index is 561. The molecule has 0 aromatic heterocycles. The fourth-order valence-electron chi connectivity index (χ4n) is 1.55. The molecule has 0 aliphatic rings. The second-order valence-corrected chi connectivity index (χ2v) is 3.48. The van der Waals surface area contributed by atoms with E-state index in [0.29, 0.717) is 11.4 Å². The van der Waals surface area contributed by atoms with E-state index in [4.69, 9.17) is 5.73 Å². The van der Waals surface area contributed by atoms with Gasteiger partial charge in [-0.3, -0.25) is 4.79 Å². The van der Waals surface area contributed by atoms with Crippen molar-refractivity contribution in [3.8, 4) is 0 Å². The third-order valence-electron chi connectivity index (χ3n) is 2.36. The van der Waals surface area contributed by atoms with Crippen LogP contribution < -0.4 is 11.1 Å². The van der Waals surface area contributed by atoms with Gasteiger partial charge in [-0.1, -0.05) is 30.8 Å². The van der Waals surface area contributed by atoms with Crippen molar-refractivity contribution in [3.63, 3.8) is 0 Å². The molecule has 16 heavy (non-hydrogen) atoms. The van der Waals surface area contributed by atoms with Gasteiger partial charge in [-0.15, -0.1) is 0 Å². The van der Waals surface area contributed by atoms with Crippen LogP contribution in [0.25, 0.3) is 10.8 Å². The maximum absolute atomic E-state index is 11.2. The summed E-state index contributed by atoms with van der Waals surface area (Å²) in [6.45, 7) is 3.40. The molecule has 0 bridgehead atoms. The number of nitrogens with one attached hydrogen (secondary N) is 1. The zero-order valence-electron chi connectivity index (χ0n) is 8.73. The van der Waals surface area contributed by atoms with E-state index in [1.165, 1.54) is 6.08 Å². The first-order valence-electron chi connectivity index (χ1n) is 4.92. The van der Waals surface area contributed by atoms with Gasteiger partial charge in [0.15, 0.2) is 0 Å². The predicted octanol–water partition coefficient (Wildman–Crippen LogP) is 2.55. The fraction of sp³-hybridized carbons (Fsp3) is 0. The molecule has 0 aliphatic heterocycles. The summed E-state index contributed by atoms with van der Waals surface area (Å²) in [4.78, 5) is 11.2. The summed E-state index contributed by atoms with van der Waals surface area (Å²) in [5.74, 6) is -0.262. The number of hydrogen-bond donors (Lipinski definition) is 2. The normalized spacial score (nSPS) is 10.0. The Hall–Kier alpha value is -2.29. The molecule has 0 radical (unpaired) electrons. The van der Waals surface area contributed by atoms with Crippen LogP contribution >= 0.6 is 0 Å². The van der Waals surface area contributed by atoms with Crippen molar-refractivity contribution in [2.45, 2.75) is 0 Å². The molecule has 0 saturated carbocycles. The van der Waals surface area contributed by atoms with Crippen LogP contribution in [0.3, 0.4) is 0 Å². The van der Waals surface area contributed by atoms with Crippen LogP contribution in [0.15, 0.2) is 49.1 Å². The van der Waals surface area contributed by atoms with Crippen molar-refractivity contribution < 1.29 is 4.79 Å². The van der Waals surface area contributed by atoms with E-state index in [0.717, 1.165) is 10.8 Å². The van der Waals surface area contributed by atoms with Crippen LogP contribution in [0, 0.1) is 0 Å². The number of nitrogens with two attached hydrogens (primary N) is 1. The molecule has 0 fully saturated rings. The fourth-order valence-corrected chi connectivity index (χ4v) is 1.55. The second-order valence-electron chi connectivity index (χ2n) is 3.48. The van der Waals surface area contributed by atoms with Gasteiger partial charge in [0.2, 0.25) is 5.91 Å². The van der Waals surface area contributed by atoms with Crippen molar-refractivity contribution >= 4 is 28.1 Å². The Balaban J connectivity index is 2.49. The minimum absolute atomic E-state index is 0.262. The summed E-state index contributed by atoms with van der Waals surface area (Å²) in [5.41, 5.74) is 7.00. The lowest BCUT2D eigenvalue weighted by molar-refractivity contribution is -0.111. The summed E-state index contributed by atoms with van der Waals surface area (Å²) in [6, 6.07) is 11.5. The molecule has 0 unspecified atom stereocenters. The minimum Gasteiger partial charge on any atom is -0.397 e. The monoisotopic (exact) mass is 212 g/mol. The largest absolute Gasteiger partial charge is 0.397 e. The number of rotatable bonds is 2. The van der Waals surface area contributed by atoms with Gasteiger partial charge >= 0.3 is 0 Å². The number of benzene rings is 2. The molecule has 3 nitrogen and oxygen atoms in total. The number of carbonyl (C=O) groups excluding carboxylic acids is 1. The van der Waals surface area contributed by atoms with Gasteiger partial charge in [0.05, 0.1) is 11.4 Å². The first-order chi connectivity index (χ1) is 7.70. The van der Waals surface area contributed by atoms with E-state index in [9.17, 15) is 4.79 Å². The lowest BCUT2D eigenvalue weighted by Crippen LogP contribution is -2.09. The molecule has 2 aromatic rings. The molecule has 0 atom stereocenters. The third-order valence-corrected chi connectivity index (χ3v) is 2.36. The smallest absolute Gasteiger partial charge is 0.247 e. The van der Waals surface area contributed by atoms with Gasteiger partial charge < -0.3 is 11.1 Å². The third kappa shape index (κ3) is 1.88. The quantitative estimate of drug-likeness (QED) is 0.593. The maximum Gasteiger partial charge on any atom is 0.247 e. The second kappa shape index (κ2) is 4.06. The Kier molecular flexibility index (Phi) is 2.60. The highest BCUT2D eigenvalue weighted by Crippen LogP contribution is 2.25. The predicted molar refractivity (Wildman–Crippen MR) is 67.2 cm³/mol. The van der Waals surface area contributed by atoms with Crippen molar-refractivity contribution in [2.24, 2.45) is 0 Å². The number of fused-ring (bicyclic) bond motifs is 1. The van der Waals surface area contributed by atoms with Crippen molar-refractivity contribution in [1.29, 1.82) is 0 Å². The van der Waals surface area contributed by atoms with Gasteiger partial charge in [0, 0.05) is 0 Å². The SMILES string of the molecule is C=CC(=O)Nc1cc2ccccc2cc1N. The van der Waals surface area contributed by atoms with Crippen molar-refractivity contribution in [3.05, 3.63) is 49.1 Å². The molecule has 0 heterocycles. The lowest BCUT2D eigenvalue weighted by atomic mass is 10.1. The highest BCUT2D eigenvalue weighted by atomic mass is 16.1. The summed E-state index contributed by atoms with van der Waals surface area (Å²) < 4.78 is 0. The highest BCUT2D eigenvalue weighted by Gasteiger charge is 2.03. The topological polar surface area (TPSA) is 55.1 Å². The molecule has 80 valence electrons. The van der Waals surface area contributed by atoms with Gasteiger partial charge in [-0.05, 0) is 29.0 Å². The van der Waals surface area contributed by atoms with Gasteiger partial charge in [-0.2, -0.15) is 0 Å².